The van der Waals surface area contributed by atoms with Gasteiger partial charge in [-0.05, 0) is 49.9 Å². The lowest BCUT2D eigenvalue weighted by Gasteiger charge is -2.36. The summed E-state index contributed by atoms with van der Waals surface area (Å²) in [7, 11) is 3.83. The number of nitrogens with one attached hydrogen (secondary N) is 2. The van der Waals surface area contributed by atoms with E-state index < -0.39 is 36.1 Å². The van der Waals surface area contributed by atoms with Gasteiger partial charge in [0.2, 0.25) is 0 Å². The van der Waals surface area contributed by atoms with Gasteiger partial charge in [0.05, 0.1) is 0 Å². The maximum atomic E-state index is 12.9. The van der Waals surface area contributed by atoms with Crippen LogP contribution in [0.5, 0.6) is 0 Å². The van der Waals surface area contributed by atoms with E-state index in [1.165, 1.54) is 6.92 Å². The van der Waals surface area contributed by atoms with Gasteiger partial charge in [0, 0.05) is 25.5 Å². The summed E-state index contributed by atoms with van der Waals surface area (Å²) in [6.07, 6.45) is 2.19. The largest absolute Gasteiger partial charge is 0.451 e. The van der Waals surface area contributed by atoms with E-state index in [0.29, 0.717) is 12.1 Å². The Bertz CT molecular complexity index is 869. The van der Waals surface area contributed by atoms with Crippen LogP contribution in [0.1, 0.15) is 39.5 Å². The van der Waals surface area contributed by atoms with Crippen LogP contribution in [0.15, 0.2) is 24.3 Å². The van der Waals surface area contributed by atoms with E-state index >= 15 is 0 Å². The molecule has 3 atom stereocenters. The van der Waals surface area contributed by atoms with Crippen molar-refractivity contribution in [3.8, 4) is 0 Å². The Morgan fingerprint density at radius 2 is 1.94 bits per heavy atom. The second-order valence-corrected chi connectivity index (χ2v) is 8.50. The zero-order chi connectivity index (χ0) is 22.8. The average molecular weight is 431 g/mol. The number of hydrogen-bond donors (Lipinski definition) is 2. The lowest BCUT2D eigenvalue weighted by Crippen LogP contribution is -2.54. The van der Waals surface area contributed by atoms with Gasteiger partial charge < -0.3 is 20.3 Å². The first-order valence-electron chi connectivity index (χ1n) is 10.6. The summed E-state index contributed by atoms with van der Waals surface area (Å²) in [5, 5.41) is 5.47. The van der Waals surface area contributed by atoms with Crippen LogP contribution in [0.2, 0.25) is 0 Å². The van der Waals surface area contributed by atoms with Gasteiger partial charge in [0.15, 0.2) is 6.10 Å². The van der Waals surface area contributed by atoms with Crippen molar-refractivity contribution in [2.75, 3.05) is 30.9 Å². The summed E-state index contributed by atoms with van der Waals surface area (Å²) in [6, 6.07) is 6.62. The third-order valence-electron chi connectivity index (χ3n) is 6.12. The van der Waals surface area contributed by atoms with E-state index in [1.54, 1.807) is 12.1 Å². The van der Waals surface area contributed by atoms with Crippen LogP contribution in [0.25, 0.3) is 0 Å². The van der Waals surface area contributed by atoms with Crippen LogP contribution in [0, 0.1) is 5.92 Å². The topological polar surface area (TPSA) is 108 Å². The lowest BCUT2D eigenvalue weighted by molar-refractivity contribution is -0.155. The van der Waals surface area contributed by atoms with E-state index in [2.05, 4.69) is 10.6 Å². The highest BCUT2D eigenvalue weighted by Crippen LogP contribution is 2.38. The fourth-order valence-corrected chi connectivity index (χ4v) is 4.14. The molecule has 1 saturated carbocycles. The Labute approximate surface area is 182 Å². The fraction of sp³-hybridized carbons (Fsp3) is 0.545. The van der Waals surface area contributed by atoms with Gasteiger partial charge in [0.25, 0.3) is 11.8 Å². The van der Waals surface area contributed by atoms with Gasteiger partial charge in [-0.2, -0.15) is 0 Å². The molecule has 0 radical (unpaired) electrons. The van der Waals surface area contributed by atoms with Crippen molar-refractivity contribution in [1.82, 2.24) is 10.2 Å². The Kier molecular flexibility index (Phi) is 6.52. The summed E-state index contributed by atoms with van der Waals surface area (Å²) in [5.41, 5.74) is 0.619. The number of imide groups is 1. The summed E-state index contributed by atoms with van der Waals surface area (Å²) >= 11 is 0. The Morgan fingerprint density at radius 1 is 1.26 bits per heavy atom. The molecule has 31 heavy (non-hydrogen) atoms. The van der Waals surface area contributed by atoms with Gasteiger partial charge in [0.1, 0.15) is 12.1 Å². The van der Waals surface area contributed by atoms with E-state index in [1.807, 2.05) is 38.1 Å². The third-order valence-corrected chi connectivity index (χ3v) is 6.12. The number of hydrogen-bond acceptors (Lipinski definition) is 6. The normalized spacial score (nSPS) is 24.0. The van der Waals surface area contributed by atoms with Gasteiger partial charge >= 0.3 is 12.0 Å². The molecule has 3 rings (SSSR count). The van der Waals surface area contributed by atoms with Crippen LogP contribution in [-0.4, -0.2) is 61.0 Å². The highest BCUT2D eigenvalue weighted by molar-refractivity contribution is 6.09. The molecular formula is C22H30N4O5. The van der Waals surface area contributed by atoms with Crippen molar-refractivity contribution in [3.05, 3.63) is 24.3 Å². The van der Waals surface area contributed by atoms with Crippen molar-refractivity contribution >= 4 is 35.2 Å². The molecule has 2 fully saturated rings. The molecule has 1 aromatic carbocycles. The molecule has 1 spiro atoms. The lowest BCUT2D eigenvalue weighted by atomic mass is 9.73. The second-order valence-electron chi connectivity index (χ2n) is 8.50. The molecule has 1 aliphatic heterocycles. The van der Waals surface area contributed by atoms with E-state index in [4.69, 9.17) is 4.74 Å². The third kappa shape index (κ3) is 4.65. The molecule has 9 nitrogen and oxygen atoms in total. The number of nitrogens with zero attached hydrogens (tertiary/aromatic N) is 2. The summed E-state index contributed by atoms with van der Waals surface area (Å²) in [6.45, 7) is 2.86. The van der Waals surface area contributed by atoms with Crippen LogP contribution in [-0.2, 0) is 19.1 Å². The second kappa shape index (κ2) is 8.95. The first kappa shape index (κ1) is 22.6. The first-order valence-corrected chi connectivity index (χ1v) is 10.6. The molecule has 1 aliphatic carbocycles. The van der Waals surface area contributed by atoms with Crippen molar-refractivity contribution in [2.45, 2.75) is 51.2 Å². The number of carbonyl (C=O) groups is 4. The molecule has 1 saturated heterocycles. The van der Waals surface area contributed by atoms with Gasteiger partial charge in [-0.3, -0.25) is 19.3 Å². The summed E-state index contributed by atoms with van der Waals surface area (Å²) in [4.78, 5) is 52.8. The predicted octanol–water partition coefficient (Wildman–Crippen LogP) is 2.12. The molecule has 4 amide bonds. The monoisotopic (exact) mass is 430 g/mol. The number of ether oxygens (including phenoxy) is 1. The summed E-state index contributed by atoms with van der Waals surface area (Å²) in [5.74, 6) is -1.70. The maximum Gasteiger partial charge on any atom is 0.327 e. The fourth-order valence-electron chi connectivity index (χ4n) is 4.14. The van der Waals surface area contributed by atoms with E-state index in [9.17, 15) is 19.2 Å². The molecule has 2 N–H and O–H groups in total. The molecule has 168 valence electrons. The quantitative estimate of drug-likeness (QED) is 0.529. The molecular weight excluding hydrogens is 400 g/mol. The SMILES string of the molecule is CC(OC(=O)CN1C(=O)NC2(CCCCC2C)C1=O)C(=O)Nc1ccc(N(C)C)cc1. The molecule has 2 aliphatic rings. The number of urea groups is 1. The zero-order valence-electron chi connectivity index (χ0n) is 18.4. The van der Waals surface area contributed by atoms with Crippen molar-refractivity contribution in [1.29, 1.82) is 0 Å². The van der Waals surface area contributed by atoms with Crippen LogP contribution < -0.4 is 15.5 Å². The maximum absolute atomic E-state index is 12.9. The molecule has 0 bridgehead atoms. The number of amides is 4. The van der Waals surface area contributed by atoms with Crippen molar-refractivity contribution in [3.63, 3.8) is 0 Å². The minimum atomic E-state index is -1.08. The predicted molar refractivity (Wildman–Crippen MR) is 116 cm³/mol. The minimum Gasteiger partial charge on any atom is -0.451 e. The van der Waals surface area contributed by atoms with Crippen LogP contribution in [0.3, 0.4) is 0 Å². The van der Waals surface area contributed by atoms with Gasteiger partial charge in [-0.25, -0.2) is 4.79 Å². The smallest absolute Gasteiger partial charge is 0.327 e. The number of benzene rings is 1. The number of anilines is 2. The first-order chi connectivity index (χ1) is 14.6. The molecule has 9 heteroatoms. The minimum absolute atomic E-state index is 0.00214. The molecule has 3 unspecified atom stereocenters. The van der Waals surface area contributed by atoms with Crippen molar-refractivity contribution in [2.24, 2.45) is 5.92 Å². The zero-order valence-corrected chi connectivity index (χ0v) is 18.4. The highest BCUT2D eigenvalue weighted by Gasteiger charge is 2.55. The number of carbonyl (C=O) groups excluding carboxylic acids is 4. The van der Waals surface area contributed by atoms with E-state index in [-0.39, 0.29) is 11.8 Å². The molecule has 1 aromatic rings. The number of esters is 1. The molecule has 1 heterocycles. The molecule has 0 aromatic heterocycles. The Morgan fingerprint density at radius 3 is 2.55 bits per heavy atom. The van der Waals surface area contributed by atoms with Crippen molar-refractivity contribution < 1.29 is 23.9 Å². The standard InChI is InChI=1S/C22H30N4O5/c1-14-7-5-6-12-22(14)20(29)26(21(30)24-22)13-18(27)31-15(2)19(28)23-16-8-10-17(11-9-16)25(3)4/h8-11,14-15H,5-7,12-13H2,1-4H3,(H,23,28)(H,24,30). The van der Waals surface area contributed by atoms with E-state index in [0.717, 1.165) is 29.8 Å². The van der Waals surface area contributed by atoms with Gasteiger partial charge in [-0.15, -0.1) is 0 Å². The van der Waals surface area contributed by atoms with Crippen LogP contribution in [0.4, 0.5) is 16.2 Å². The Hall–Kier alpha value is -3.10. The number of rotatable bonds is 6. The summed E-state index contributed by atoms with van der Waals surface area (Å²) < 4.78 is 5.17. The van der Waals surface area contributed by atoms with Crippen LogP contribution >= 0.6 is 0 Å². The van der Waals surface area contributed by atoms with Gasteiger partial charge in [-0.1, -0.05) is 19.8 Å². The highest BCUT2D eigenvalue weighted by atomic mass is 16.5. The average Bonchev–Trinajstić information content (AvgIpc) is 2.95. The Balaban J connectivity index is 1.55.